The molecule has 5 rings (SSSR count). The highest BCUT2D eigenvalue weighted by molar-refractivity contribution is 5.73. The number of rotatable bonds is 7. The van der Waals surface area contributed by atoms with Gasteiger partial charge in [0.05, 0.1) is 25.8 Å². The monoisotopic (exact) mass is 477 g/mol. The Morgan fingerprint density at radius 2 is 1.91 bits per heavy atom. The van der Waals surface area contributed by atoms with E-state index in [0.29, 0.717) is 46.6 Å². The zero-order valence-electron chi connectivity index (χ0n) is 20.0. The zero-order chi connectivity index (χ0) is 24.5. The van der Waals surface area contributed by atoms with Crippen LogP contribution in [-0.2, 0) is 9.53 Å². The van der Waals surface area contributed by atoms with Gasteiger partial charge in [-0.2, -0.15) is 0 Å². The topological polar surface area (TPSA) is 66.9 Å². The van der Waals surface area contributed by atoms with Gasteiger partial charge in [0, 0.05) is 17.3 Å². The van der Waals surface area contributed by atoms with Gasteiger partial charge >= 0.3 is 5.97 Å². The molecule has 3 aromatic rings. The second-order valence-electron chi connectivity index (χ2n) is 9.12. The van der Waals surface area contributed by atoms with E-state index in [1.807, 2.05) is 37.3 Å². The zero-order valence-corrected chi connectivity index (χ0v) is 20.0. The molecule has 182 valence electrons. The Hall–Kier alpha value is -3.61. The van der Waals surface area contributed by atoms with Crippen LogP contribution in [0.25, 0.3) is 11.1 Å². The minimum atomic E-state index is -0.403. The molecule has 1 fully saturated rings. The van der Waals surface area contributed by atoms with Gasteiger partial charge in [0.15, 0.2) is 17.6 Å². The quantitative estimate of drug-likeness (QED) is 0.406. The number of esters is 1. The second kappa shape index (κ2) is 9.56. The van der Waals surface area contributed by atoms with Crippen molar-refractivity contribution in [2.75, 3.05) is 20.8 Å². The molecule has 1 saturated carbocycles. The fourth-order valence-corrected chi connectivity index (χ4v) is 4.81. The Morgan fingerprint density at radius 3 is 2.60 bits per heavy atom. The average Bonchev–Trinajstić information content (AvgIpc) is 3.73. The van der Waals surface area contributed by atoms with Crippen molar-refractivity contribution < 1.29 is 28.1 Å². The third-order valence-electron chi connectivity index (χ3n) is 6.85. The first-order valence-electron chi connectivity index (χ1n) is 11.8. The first-order chi connectivity index (χ1) is 17.0. The van der Waals surface area contributed by atoms with Gasteiger partial charge in [-0.05, 0) is 66.6 Å². The lowest BCUT2D eigenvalue weighted by Gasteiger charge is -2.28. The molecule has 7 heteroatoms. The molecule has 0 amide bonds. The number of hydrogen-bond donors (Lipinski definition) is 0. The van der Waals surface area contributed by atoms with E-state index in [0.717, 1.165) is 18.4 Å². The SMILES string of the molecule is COC(=O)C(C)C(c1ccc2c(c1)OC(c1ccc(-c3cc(OC)ccc3F)cn1)CO2)C1CC1. The summed E-state index contributed by atoms with van der Waals surface area (Å²) in [6.07, 6.45) is 3.43. The second-order valence-corrected chi connectivity index (χ2v) is 9.12. The van der Waals surface area contributed by atoms with Crippen LogP contribution in [0.15, 0.2) is 54.7 Å². The van der Waals surface area contributed by atoms with Gasteiger partial charge in [-0.1, -0.05) is 19.1 Å². The van der Waals surface area contributed by atoms with Crippen LogP contribution in [0.4, 0.5) is 4.39 Å². The predicted octanol–water partition coefficient (Wildman–Crippen LogP) is 5.71. The van der Waals surface area contributed by atoms with Crippen molar-refractivity contribution in [3.63, 3.8) is 0 Å². The number of nitrogens with zero attached hydrogens (tertiary/aromatic N) is 1. The van der Waals surface area contributed by atoms with Crippen LogP contribution in [0.3, 0.4) is 0 Å². The van der Waals surface area contributed by atoms with Crippen LogP contribution in [-0.4, -0.2) is 31.8 Å². The maximum absolute atomic E-state index is 14.3. The molecule has 2 heterocycles. The summed E-state index contributed by atoms with van der Waals surface area (Å²) in [6, 6.07) is 14.1. The Bertz CT molecular complexity index is 1220. The van der Waals surface area contributed by atoms with E-state index in [1.54, 1.807) is 25.4 Å². The normalized spacial score (nSPS) is 18.5. The van der Waals surface area contributed by atoms with Crippen LogP contribution in [0.2, 0.25) is 0 Å². The first kappa shape index (κ1) is 23.1. The number of hydrogen-bond acceptors (Lipinski definition) is 6. The molecule has 1 aliphatic carbocycles. The number of fused-ring (bicyclic) bond motifs is 1. The number of halogens is 1. The lowest BCUT2D eigenvalue weighted by Crippen LogP contribution is -2.24. The molecule has 0 spiro atoms. The van der Waals surface area contributed by atoms with E-state index in [4.69, 9.17) is 18.9 Å². The number of aromatic nitrogens is 1. The van der Waals surface area contributed by atoms with Gasteiger partial charge in [0.25, 0.3) is 0 Å². The smallest absolute Gasteiger partial charge is 0.309 e. The number of benzene rings is 2. The van der Waals surface area contributed by atoms with Crippen LogP contribution in [0.1, 0.15) is 43.0 Å². The highest BCUT2D eigenvalue weighted by Gasteiger charge is 2.39. The third kappa shape index (κ3) is 4.67. The third-order valence-corrected chi connectivity index (χ3v) is 6.85. The van der Waals surface area contributed by atoms with Crippen molar-refractivity contribution in [1.82, 2.24) is 4.98 Å². The highest BCUT2D eigenvalue weighted by Crippen LogP contribution is 2.49. The molecule has 0 bridgehead atoms. The number of carbonyl (C=O) groups excluding carboxylic acids is 1. The molecular weight excluding hydrogens is 449 g/mol. The largest absolute Gasteiger partial charge is 0.497 e. The maximum Gasteiger partial charge on any atom is 0.309 e. The molecule has 0 saturated heterocycles. The van der Waals surface area contributed by atoms with E-state index in [1.165, 1.54) is 13.2 Å². The van der Waals surface area contributed by atoms with Gasteiger partial charge in [0.1, 0.15) is 18.2 Å². The summed E-state index contributed by atoms with van der Waals surface area (Å²) in [4.78, 5) is 16.8. The van der Waals surface area contributed by atoms with Crippen molar-refractivity contribution in [3.8, 4) is 28.4 Å². The molecule has 0 N–H and O–H groups in total. The molecule has 3 atom stereocenters. The van der Waals surface area contributed by atoms with E-state index >= 15 is 0 Å². The molecule has 6 nitrogen and oxygen atoms in total. The fraction of sp³-hybridized carbons (Fsp3) is 0.357. The Kier molecular flexibility index (Phi) is 6.32. The van der Waals surface area contributed by atoms with E-state index in [2.05, 4.69) is 4.98 Å². The fourth-order valence-electron chi connectivity index (χ4n) is 4.81. The summed E-state index contributed by atoms with van der Waals surface area (Å²) < 4.78 is 36.8. The van der Waals surface area contributed by atoms with Crippen LogP contribution in [0, 0.1) is 17.7 Å². The lowest BCUT2D eigenvalue weighted by molar-refractivity contribution is -0.145. The van der Waals surface area contributed by atoms with Crippen molar-refractivity contribution in [2.24, 2.45) is 11.8 Å². The Morgan fingerprint density at radius 1 is 1.09 bits per heavy atom. The van der Waals surface area contributed by atoms with Gasteiger partial charge in [-0.15, -0.1) is 0 Å². The first-order valence-corrected chi connectivity index (χ1v) is 11.8. The van der Waals surface area contributed by atoms with Gasteiger partial charge < -0.3 is 18.9 Å². The minimum absolute atomic E-state index is 0.0758. The molecule has 3 unspecified atom stereocenters. The molecule has 35 heavy (non-hydrogen) atoms. The summed E-state index contributed by atoms with van der Waals surface area (Å²) in [5.74, 6) is 1.63. The summed E-state index contributed by atoms with van der Waals surface area (Å²) in [7, 11) is 2.98. The highest BCUT2D eigenvalue weighted by atomic mass is 19.1. The summed E-state index contributed by atoms with van der Waals surface area (Å²) >= 11 is 0. The number of pyridine rings is 1. The summed E-state index contributed by atoms with van der Waals surface area (Å²) in [6.45, 7) is 2.24. The van der Waals surface area contributed by atoms with Crippen molar-refractivity contribution in [1.29, 1.82) is 0 Å². The lowest BCUT2D eigenvalue weighted by atomic mass is 9.83. The molecule has 0 radical (unpaired) electrons. The minimum Gasteiger partial charge on any atom is -0.497 e. The Balaban J connectivity index is 1.37. The van der Waals surface area contributed by atoms with Gasteiger partial charge in [-0.3, -0.25) is 9.78 Å². The van der Waals surface area contributed by atoms with Gasteiger partial charge in [-0.25, -0.2) is 4.39 Å². The molecule has 2 aromatic carbocycles. The molecule has 1 aliphatic heterocycles. The van der Waals surface area contributed by atoms with Crippen molar-refractivity contribution in [3.05, 3.63) is 71.8 Å². The predicted molar refractivity (Wildman–Crippen MR) is 128 cm³/mol. The van der Waals surface area contributed by atoms with Crippen molar-refractivity contribution in [2.45, 2.75) is 31.8 Å². The summed E-state index contributed by atoms with van der Waals surface area (Å²) in [5, 5.41) is 0. The van der Waals surface area contributed by atoms with E-state index in [9.17, 15) is 9.18 Å². The maximum atomic E-state index is 14.3. The van der Waals surface area contributed by atoms with E-state index < -0.39 is 6.10 Å². The Labute approximate surface area is 204 Å². The number of carbonyl (C=O) groups is 1. The van der Waals surface area contributed by atoms with Crippen molar-refractivity contribution >= 4 is 5.97 Å². The van der Waals surface area contributed by atoms with Crippen LogP contribution >= 0.6 is 0 Å². The van der Waals surface area contributed by atoms with E-state index in [-0.39, 0.29) is 23.6 Å². The molecule has 2 aliphatic rings. The number of methoxy groups -OCH3 is 2. The molecule has 1 aromatic heterocycles. The van der Waals surface area contributed by atoms with Crippen LogP contribution in [0.5, 0.6) is 17.2 Å². The standard InChI is InChI=1S/C28H28FNO5/c1-16(28(31)33-3)27(17-4-5-17)18-7-11-24-25(12-18)35-26(15-34-24)23-10-6-19(14-30-23)21-13-20(32-2)8-9-22(21)29/h6-14,16-17,26-27H,4-5,15H2,1-3H3. The molecular formula is C28H28FNO5. The average molecular weight is 478 g/mol. The number of ether oxygens (including phenoxy) is 4. The van der Waals surface area contributed by atoms with Crippen LogP contribution < -0.4 is 14.2 Å². The summed E-state index contributed by atoms with van der Waals surface area (Å²) in [5.41, 5.74) is 2.80. The van der Waals surface area contributed by atoms with Gasteiger partial charge in [0.2, 0.25) is 0 Å².